The molecule has 10 nitrogen and oxygen atoms in total. The molecule has 38 heavy (non-hydrogen) atoms. The van der Waals surface area contributed by atoms with E-state index in [0.29, 0.717) is 42.8 Å². The lowest BCUT2D eigenvalue weighted by Gasteiger charge is -2.34. The molecule has 3 aromatic rings. The molecule has 1 atom stereocenters. The van der Waals surface area contributed by atoms with Crippen molar-refractivity contribution in [3.8, 4) is 11.3 Å². The van der Waals surface area contributed by atoms with Gasteiger partial charge in [0, 0.05) is 49.4 Å². The van der Waals surface area contributed by atoms with Gasteiger partial charge in [0.15, 0.2) is 9.84 Å². The summed E-state index contributed by atoms with van der Waals surface area (Å²) in [5, 5.41) is 4.73. The first-order valence-corrected chi connectivity index (χ1v) is 15.0. The molecule has 1 aromatic carbocycles. The van der Waals surface area contributed by atoms with Crippen molar-refractivity contribution in [1.82, 2.24) is 19.9 Å². The zero-order valence-corrected chi connectivity index (χ0v) is 23.4. The number of benzene rings is 1. The number of amides is 1. The minimum atomic E-state index is -2.98. The number of halogens is 1. The maximum absolute atomic E-state index is 12.6. The Balaban J connectivity index is 1.36. The highest BCUT2D eigenvalue weighted by Crippen LogP contribution is 2.36. The second-order valence-electron chi connectivity index (χ2n) is 10.8. The van der Waals surface area contributed by atoms with Gasteiger partial charge in [-0.25, -0.2) is 23.2 Å². The number of carbonyl (C=O) groups excluding carboxylic acids is 1. The average molecular weight is 561 g/mol. The molecule has 0 saturated carbocycles. The molecule has 0 aliphatic carbocycles. The maximum Gasteiger partial charge on any atom is 0.410 e. The normalized spacial score (nSPS) is 19.9. The predicted molar refractivity (Wildman–Crippen MR) is 150 cm³/mol. The largest absolute Gasteiger partial charge is 0.444 e. The first-order valence-electron chi connectivity index (χ1n) is 12.8. The van der Waals surface area contributed by atoms with Gasteiger partial charge < -0.3 is 24.8 Å². The summed E-state index contributed by atoms with van der Waals surface area (Å²) >= 11 is 6.56. The number of fused-ring (bicyclic) bond motifs is 1. The fourth-order valence-corrected chi connectivity index (χ4v) is 6.34. The first-order chi connectivity index (χ1) is 18.0. The number of anilines is 2. The fourth-order valence-electron chi connectivity index (χ4n) is 4.95. The van der Waals surface area contributed by atoms with E-state index in [1.165, 1.54) is 0 Å². The highest BCUT2D eigenvalue weighted by molar-refractivity contribution is 7.91. The number of nitrogens with zero attached hydrogens (tertiary/aromatic N) is 4. The number of hydrogen-bond acceptors (Lipinski definition) is 8. The molecule has 2 aromatic heterocycles. The quantitative estimate of drug-likeness (QED) is 0.484. The van der Waals surface area contributed by atoms with Gasteiger partial charge in [-0.1, -0.05) is 23.7 Å². The van der Waals surface area contributed by atoms with Gasteiger partial charge in [0.25, 0.3) is 0 Å². The van der Waals surface area contributed by atoms with Crippen molar-refractivity contribution < 1.29 is 17.9 Å². The minimum Gasteiger partial charge on any atom is -0.444 e. The molecule has 2 aliphatic rings. The molecule has 12 heteroatoms. The third kappa shape index (κ3) is 5.83. The smallest absolute Gasteiger partial charge is 0.410 e. The molecule has 0 radical (unpaired) electrons. The van der Waals surface area contributed by atoms with Gasteiger partial charge in [0.2, 0.25) is 5.95 Å². The van der Waals surface area contributed by atoms with Gasteiger partial charge in [-0.05, 0) is 39.7 Å². The Morgan fingerprint density at radius 3 is 2.71 bits per heavy atom. The standard InChI is InChI=1S/C26H33ClN6O4S/c1-26(2,3)37-25(34)33-9-5-6-17(16-33)30-24-29-15-20(27)22(31-24)19-14-28-23-18(19)7-4-8-21(23)32-10-12-38(35,36)13-11-32/h4,7-8,14-15,17,28H,5-6,9-13,16H2,1-3H3,(H,29,30,31)/t17-/m0/s1. The van der Waals surface area contributed by atoms with Gasteiger partial charge in [0.05, 0.1) is 39.6 Å². The molecule has 0 unspecified atom stereocenters. The van der Waals surface area contributed by atoms with Crippen LogP contribution in [0.2, 0.25) is 5.02 Å². The molecule has 204 valence electrons. The summed E-state index contributed by atoms with van der Waals surface area (Å²) in [6.07, 6.45) is 4.86. The fraction of sp³-hybridized carbons (Fsp3) is 0.500. The molecule has 2 aliphatic heterocycles. The highest BCUT2D eigenvalue weighted by atomic mass is 35.5. The number of H-pyrrole nitrogens is 1. The van der Waals surface area contributed by atoms with E-state index < -0.39 is 15.4 Å². The Bertz CT molecular complexity index is 1440. The Labute approximate surface area is 227 Å². The number of carbonyl (C=O) groups is 1. The molecule has 2 N–H and O–H groups in total. The number of sulfone groups is 1. The number of rotatable bonds is 4. The summed E-state index contributed by atoms with van der Waals surface area (Å²) in [5.74, 6) is 0.735. The number of aromatic amines is 1. The van der Waals surface area contributed by atoms with E-state index in [2.05, 4.69) is 20.2 Å². The van der Waals surface area contributed by atoms with Crippen LogP contribution in [0.25, 0.3) is 22.2 Å². The van der Waals surface area contributed by atoms with E-state index in [1.54, 1.807) is 11.1 Å². The zero-order valence-electron chi connectivity index (χ0n) is 21.8. The van der Waals surface area contributed by atoms with Crippen LogP contribution in [-0.4, -0.2) is 83.7 Å². The lowest BCUT2D eigenvalue weighted by molar-refractivity contribution is 0.0206. The van der Waals surface area contributed by atoms with Crippen LogP contribution in [-0.2, 0) is 14.6 Å². The number of nitrogens with one attached hydrogen (secondary N) is 2. The van der Waals surface area contributed by atoms with Crippen LogP contribution in [0.1, 0.15) is 33.6 Å². The number of likely N-dealkylation sites (tertiary alicyclic amines) is 1. The van der Waals surface area contributed by atoms with Gasteiger partial charge in [-0.3, -0.25) is 0 Å². The monoisotopic (exact) mass is 560 g/mol. The molecule has 2 saturated heterocycles. The Hall–Kier alpha value is -3.05. The lowest BCUT2D eigenvalue weighted by atomic mass is 10.1. The van der Waals surface area contributed by atoms with Gasteiger partial charge >= 0.3 is 6.09 Å². The Morgan fingerprint density at radius 1 is 1.21 bits per heavy atom. The Kier molecular flexibility index (Phi) is 7.17. The van der Waals surface area contributed by atoms with Crippen molar-refractivity contribution >= 4 is 50.1 Å². The van der Waals surface area contributed by atoms with Crippen LogP contribution in [0.4, 0.5) is 16.4 Å². The van der Waals surface area contributed by atoms with Crippen LogP contribution < -0.4 is 10.2 Å². The van der Waals surface area contributed by atoms with Crippen LogP contribution >= 0.6 is 11.6 Å². The lowest BCUT2D eigenvalue weighted by Crippen LogP contribution is -2.47. The summed E-state index contributed by atoms with van der Waals surface area (Å²) < 4.78 is 29.3. The highest BCUT2D eigenvalue weighted by Gasteiger charge is 2.28. The van der Waals surface area contributed by atoms with Crippen LogP contribution in [0.5, 0.6) is 0 Å². The first kappa shape index (κ1) is 26.6. The zero-order chi connectivity index (χ0) is 27.1. The van der Waals surface area contributed by atoms with Crippen LogP contribution in [0.15, 0.2) is 30.6 Å². The van der Waals surface area contributed by atoms with Gasteiger partial charge in [-0.2, -0.15) is 0 Å². The molecular formula is C26H33ClN6O4S. The molecule has 0 spiro atoms. The molecule has 0 bridgehead atoms. The second kappa shape index (κ2) is 10.3. The van der Waals surface area contributed by atoms with Crippen molar-refractivity contribution in [3.63, 3.8) is 0 Å². The average Bonchev–Trinajstić information content (AvgIpc) is 3.29. The van der Waals surface area contributed by atoms with Crippen molar-refractivity contribution in [2.24, 2.45) is 0 Å². The van der Waals surface area contributed by atoms with Crippen molar-refractivity contribution in [2.75, 3.05) is 47.9 Å². The topological polar surface area (TPSA) is 121 Å². The maximum atomic E-state index is 12.6. The van der Waals surface area contributed by atoms with E-state index in [1.807, 2.05) is 45.2 Å². The SMILES string of the molecule is CC(C)(C)OC(=O)N1CCC[C@H](Nc2ncc(Cl)c(-c3c[nH]c4c(N5CCS(=O)(=O)CC5)cccc34)n2)C1. The van der Waals surface area contributed by atoms with Crippen molar-refractivity contribution in [2.45, 2.75) is 45.3 Å². The molecular weight excluding hydrogens is 528 g/mol. The molecule has 1 amide bonds. The molecule has 2 fully saturated rings. The van der Waals surface area contributed by atoms with Crippen LogP contribution in [0, 0.1) is 0 Å². The Morgan fingerprint density at radius 2 is 1.97 bits per heavy atom. The third-order valence-corrected chi connectivity index (χ3v) is 8.67. The van der Waals surface area contributed by atoms with E-state index in [0.717, 1.165) is 35.0 Å². The summed E-state index contributed by atoms with van der Waals surface area (Å²) in [6.45, 7) is 7.65. The van der Waals surface area contributed by atoms with E-state index in [-0.39, 0.29) is 23.6 Å². The third-order valence-electron chi connectivity index (χ3n) is 6.78. The van der Waals surface area contributed by atoms with E-state index in [4.69, 9.17) is 21.3 Å². The number of hydrogen-bond donors (Lipinski definition) is 2. The number of piperidine rings is 1. The van der Waals surface area contributed by atoms with Crippen molar-refractivity contribution in [3.05, 3.63) is 35.6 Å². The minimum absolute atomic E-state index is 0.0183. The van der Waals surface area contributed by atoms with Gasteiger partial charge in [-0.15, -0.1) is 0 Å². The molecule has 5 rings (SSSR count). The molecule has 4 heterocycles. The van der Waals surface area contributed by atoms with Crippen LogP contribution in [0.3, 0.4) is 0 Å². The van der Waals surface area contributed by atoms with Crippen molar-refractivity contribution in [1.29, 1.82) is 0 Å². The van der Waals surface area contributed by atoms with Gasteiger partial charge in [0.1, 0.15) is 5.60 Å². The summed E-state index contributed by atoms with van der Waals surface area (Å²) in [5.41, 5.74) is 2.74. The summed E-state index contributed by atoms with van der Waals surface area (Å²) in [6, 6.07) is 5.93. The summed E-state index contributed by atoms with van der Waals surface area (Å²) in [4.78, 5) is 28.9. The number of aromatic nitrogens is 3. The summed E-state index contributed by atoms with van der Waals surface area (Å²) in [7, 11) is -2.98. The second-order valence-corrected chi connectivity index (χ2v) is 13.6. The number of para-hydroxylation sites is 1. The number of ether oxygens (including phenoxy) is 1. The van der Waals surface area contributed by atoms with E-state index in [9.17, 15) is 13.2 Å². The predicted octanol–water partition coefficient (Wildman–Crippen LogP) is 4.32. The van der Waals surface area contributed by atoms with E-state index >= 15 is 0 Å².